The van der Waals surface area contributed by atoms with Crippen LogP contribution in [0.25, 0.3) is 0 Å². The Morgan fingerprint density at radius 3 is 1.25 bits per heavy atom. The molecule has 10 aliphatic rings. The van der Waals surface area contributed by atoms with E-state index in [2.05, 4.69) is 93.5 Å². The van der Waals surface area contributed by atoms with Gasteiger partial charge in [-0.1, -0.05) is 0 Å². The Morgan fingerprint density at radius 1 is 0.557 bits per heavy atom. The molecule has 336 valence electrons. The van der Waals surface area contributed by atoms with Crippen LogP contribution in [-0.2, 0) is 48.6 Å². The fraction of sp³-hybridized carbons (Fsp3) is 0.786. The molecule has 9 aliphatic carbocycles. The molecule has 0 aromatic heterocycles. The van der Waals surface area contributed by atoms with Crippen molar-refractivity contribution in [2.45, 2.75) is 228 Å². The van der Waals surface area contributed by atoms with Gasteiger partial charge in [0.1, 0.15) is 0 Å². The van der Waals surface area contributed by atoms with Crippen LogP contribution in [0.3, 0.4) is 0 Å². The van der Waals surface area contributed by atoms with Gasteiger partial charge >= 0.3 is 386 Å². The van der Waals surface area contributed by atoms with Crippen molar-refractivity contribution >= 4 is 15.9 Å². The minimum atomic E-state index is -0.289. The van der Waals surface area contributed by atoms with Gasteiger partial charge in [-0.2, -0.15) is 0 Å². The van der Waals surface area contributed by atoms with Gasteiger partial charge in [0.2, 0.25) is 0 Å². The van der Waals surface area contributed by atoms with Gasteiger partial charge in [0.15, 0.2) is 0 Å². The third-order valence-electron chi connectivity index (χ3n) is 19.6. The van der Waals surface area contributed by atoms with Crippen LogP contribution in [0.15, 0.2) is 24.3 Å². The fourth-order valence-electron chi connectivity index (χ4n) is 16.9. The summed E-state index contributed by atoms with van der Waals surface area (Å²) in [6.45, 7) is 24.5. The van der Waals surface area contributed by atoms with Gasteiger partial charge in [-0.3, -0.25) is 0 Å². The number of hydrogen-bond acceptors (Lipinski definition) is 2. The van der Waals surface area contributed by atoms with Crippen molar-refractivity contribution in [3.8, 4) is 11.5 Å². The second kappa shape index (κ2) is 15.5. The zero-order valence-corrected chi connectivity index (χ0v) is 43.5. The molecule has 2 N–H and O–H groups in total. The average Bonchev–Trinajstić information content (AvgIpc) is 3.44. The molecule has 2 nitrogen and oxygen atoms in total. The number of phenolic OH excluding ortho intramolecular Hbond substituents is 2. The van der Waals surface area contributed by atoms with Crippen LogP contribution in [0.4, 0.5) is 0 Å². The molecule has 0 spiro atoms. The van der Waals surface area contributed by atoms with Crippen molar-refractivity contribution in [3.63, 3.8) is 0 Å². The molecule has 2 aromatic rings. The van der Waals surface area contributed by atoms with E-state index in [4.69, 9.17) is 0 Å². The maximum atomic E-state index is 12.8. The molecule has 8 atom stereocenters. The second-order valence-electron chi connectivity index (χ2n) is 26.4. The van der Waals surface area contributed by atoms with E-state index in [1.165, 1.54) is 149 Å². The summed E-state index contributed by atoms with van der Waals surface area (Å²) < 4.78 is 0. The van der Waals surface area contributed by atoms with Gasteiger partial charge in [-0.05, 0) is 0 Å². The van der Waals surface area contributed by atoms with E-state index in [0.29, 0.717) is 38.6 Å². The molecule has 0 amide bonds. The topological polar surface area (TPSA) is 40.5 Å². The molecule has 1 aliphatic heterocycles. The van der Waals surface area contributed by atoms with E-state index in [1.54, 1.807) is 0 Å². The monoisotopic (exact) mass is 901 g/mol. The molecular formula is C56H84O2S2Ti. The first kappa shape index (κ1) is 44.3. The summed E-state index contributed by atoms with van der Waals surface area (Å²) in [4.78, 5) is 0. The zero-order valence-electron chi connectivity index (χ0n) is 40.3. The minimum absolute atomic E-state index is 0.0518. The molecular weight excluding hydrogens is 817 g/mol. The van der Waals surface area contributed by atoms with Crippen molar-refractivity contribution < 1.29 is 25.7 Å². The van der Waals surface area contributed by atoms with Crippen LogP contribution in [0, 0.1) is 46.3 Å². The Hall–Kier alpha value is -0.546. The Bertz CT molecular complexity index is 1970. The van der Waals surface area contributed by atoms with E-state index in [9.17, 15) is 10.2 Å². The summed E-state index contributed by atoms with van der Waals surface area (Å²) in [6, 6.07) is 10.1. The van der Waals surface area contributed by atoms with Gasteiger partial charge in [0, 0.05) is 0 Å². The molecule has 12 rings (SSSR count). The van der Waals surface area contributed by atoms with Crippen molar-refractivity contribution in [2.75, 3.05) is 0 Å². The van der Waals surface area contributed by atoms with Crippen LogP contribution in [-0.4, -0.2) is 20.7 Å². The molecule has 0 radical (unpaired) electrons. The number of rotatable bonds is 8. The molecule has 0 saturated heterocycles. The number of benzene rings is 2. The first-order valence-electron chi connectivity index (χ1n) is 25.6. The number of phenols is 2. The van der Waals surface area contributed by atoms with Gasteiger partial charge < -0.3 is 0 Å². The fourth-order valence-corrected chi connectivity index (χ4v) is 37.7. The predicted octanol–water partition coefficient (Wildman–Crippen LogP) is 15.9. The van der Waals surface area contributed by atoms with E-state index in [0.717, 1.165) is 57.2 Å². The van der Waals surface area contributed by atoms with Crippen LogP contribution >= 0.6 is 15.9 Å². The quantitative estimate of drug-likeness (QED) is 0.259. The van der Waals surface area contributed by atoms with E-state index in [1.807, 2.05) is 0 Å². The average molecular weight is 901 g/mol. The number of fused-ring (bicyclic) bond motifs is 1. The van der Waals surface area contributed by atoms with Crippen LogP contribution < -0.4 is 0 Å². The first-order chi connectivity index (χ1) is 28.7. The Kier molecular flexibility index (Phi) is 11.3. The molecule has 2 aromatic carbocycles. The normalized spacial score (nSPS) is 40.3. The first-order valence-corrected chi connectivity index (χ1v) is 32.3. The molecule has 7 unspecified atom stereocenters. The van der Waals surface area contributed by atoms with E-state index >= 15 is 0 Å². The van der Waals surface area contributed by atoms with Crippen molar-refractivity contribution in [1.82, 2.24) is 0 Å². The zero-order chi connectivity index (χ0) is 43.1. The van der Waals surface area contributed by atoms with Crippen molar-refractivity contribution in [3.05, 3.63) is 57.6 Å². The van der Waals surface area contributed by atoms with E-state index in [-0.39, 0.29) is 37.1 Å². The molecule has 61 heavy (non-hydrogen) atoms. The van der Waals surface area contributed by atoms with E-state index < -0.39 is 0 Å². The van der Waals surface area contributed by atoms with Gasteiger partial charge in [0.05, 0.1) is 0 Å². The summed E-state index contributed by atoms with van der Waals surface area (Å²) >= 11 is -0.289. The molecule has 8 bridgehead atoms. The molecule has 9 saturated carbocycles. The predicted molar refractivity (Wildman–Crippen MR) is 259 cm³/mol. The van der Waals surface area contributed by atoms with Gasteiger partial charge in [-0.15, -0.1) is 0 Å². The summed E-state index contributed by atoms with van der Waals surface area (Å²) in [7, 11) is 0.687. The number of aromatic hydroxyl groups is 2. The number of hydrogen-bond donors (Lipinski definition) is 2. The summed E-state index contributed by atoms with van der Waals surface area (Å²) in [5, 5.41) is 27.3. The molecule has 5 heteroatoms. The van der Waals surface area contributed by atoms with Crippen LogP contribution in [0.1, 0.15) is 218 Å². The summed E-state index contributed by atoms with van der Waals surface area (Å²) in [6.07, 6.45) is 24.7. The third-order valence-corrected chi connectivity index (χ3v) is 35.5. The molecule has 1 heterocycles. The van der Waals surface area contributed by atoms with Gasteiger partial charge in [-0.25, -0.2) is 0 Å². The Balaban J connectivity index is 1.06. The van der Waals surface area contributed by atoms with Crippen LogP contribution in [0.2, 0.25) is 0 Å². The maximum absolute atomic E-state index is 12.8. The third kappa shape index (κ3) is 7.62. The Labute approximate surface area is 382 Å². The summed E-state index contributed by atoms with van der Waals surface area (Å²) in [5.41, 5.74) is 9.59. The standard InChI is InChI=1S/C56H84O2S2.Ti/c1-35(2)53-23-37-17-38(24-53)28-55(27-37,33-53)45-21-43(51(5,6)7)19-41(49(45)57)31-59-47-15-13-11-12-14-16-48(47)60-32-42-20-44(52(8,9)10)22-46(50(42)58)56-29-39-18-40(30-56)26-54(25-39,34-56)36(3)4;/h19-22,35-40,47-48,57-58H,11-18,23-34H2,1-10H3;/t37?,38?,39?,40?,47-,48?,53?,54?,55?,56?;/m0./s1. The summed E-state index contributed by atoms with van der Waals surface area (Å²) in [5.74, 6) is 8.41. The Morgan fingerprint density at radius 2 is 0.918 bits per heavy atom. The molecule has 9 fully saturated rings. The SMILES string of the molecule is CC(C)C12CC3CC(CC(c4cc(C(C)(C)C)cc(C[S]5=[Ti]=[S](Cc6cc(C(C)(C)C)cc(C78CC9CC(C7)CC(C(C)C)(C9)C8)c6O)[C@H]6CCCCCCC65)c4O)(C3)C1)C2. The van der Waals surface area contributed by atoms with Crippen LogP contribution in [0.5, 0.6) is 11.5 Å². The van der Waals surface area contributed by atoms with Crippen molar-refractivity contribution in [1.29, 1.82) is 0 Å². The second-order valence-corrected chi connectivity index (χ2v) is 37.8. The van der Waals surface area contributed by atoms with Gasteiger partial charge in [0.25, 0.3) is 0 Å². The van der Waals surface area contributed by atoms with Crippen molar-refractivity contribution in [2.24, 2.45) is 46.3 Å².